The van der Waals surface area contributed by atoms with Crippen molar-refractivity contribution < 1.29 is 9.53 Å². The van der Waals surface area contributed by atoms with Crippen molar-refractivity contribution in [1.82, 2.24) is 0 Å². The highest BCUT2D eigenvalue weighted by atomic mass is 16.5. The van der Waals surface area contributed by atoms with E-state index in [9.17, 15) is 4.79 Å². The molecule has 70 valence electrons. The number of ether oxygens (including phenoxy) is 1. The number of hydrogen-bond donors (Lipinski definition) is 0. The van der Waals surface area contributed by atoms with Crippen molar-refractivity contribution in [3.63, 3.8) is 0 Å². The van der Waals surface area contributed by atoms with Crippen molar-refractivity contribution in [3.05, 3.63) is 13.3 Å². The number of carbonyl (C=O) groups is 1. The van der Waals surface area contributed by atoms with Gasteiger partial charge in [0.2, 0.25) is 0 Å². The van der Waals surface area contributed by atoms with Gasteiger partial charge in [0.25, 0.3) is 0 Å². The molecule has 2 radical (unpaired) electrons. The largest absolute Gasteiger partial charge is 0.469 e. The zero-order chi connectivity index (χ0) is 9.84. The molecule has 0 aromatic rings. The van der Waals surface area contributed by atoms with Crippen molar-refractivity contribution in [2.24, 2.45) is 17.8 Å². The molecule has 1 saturated carbocycles. The van der Waals surface area contributed by atoms with Gasteiger partial charge in [0.05, 0.1) is 25.0 Å². The average Bonchev–Trinajstić information content (AvgIpc) is 2.59. The zero-order valence-corrected chi connectivity index (χ0v) is 7.69. The standard InChI is InChI=1S/C10H13NO2/c1-3-7-4-5-8(6-11)9(7)10(12)13-2/h5,7-9H,1,3-4H2,2H3. The van der Waals surface area contributed by atoms with E-state index in [2.05, 4.69) is 17.7 Å². The number of nitrogens with zero attached hydrogens (tertiary/aromatic N) is 1. The van der Waals surface area contributed by atoms with Crippen LogP contribution in [0, 0.1) is 42.4 Å². The molecule has 1 aliphatic carbocycles. The monoisotopic (exact) mass is 179 g/mol. The summed E-state index contributed by atoms with van der Waals surface area (Å²) in [7, 11) is 1.36. The molecule has 0 saturated heterocycles. The van der Waals surface area contributed by atoms with Crippen LogP contribution in [0.25, 0.3) is 0 Å². The summed E-state index contributed by atoms with van der Waals surface area (Å²) in [5, 5.41) is 8.78. The SMILES string of the molecule is [CH2]CC1C[CH]C(C#N)C1C(=O)OC. The fraction of sp³-hybridized carbons (Fsp3) is 0.600. The number of nitriles is 1. The van der Waals surface area contributed by atoms with Gasteiger partial charge in [-0.15, -0.1) is 0 Å². The summed E-state index contributed by atoms with van der Waals surface area (Å²) >= 11 is 0. The lowest BCUT2D eigenvalue weighted by atomic mass is 9.89. The van der Waals surface area contributed by atoms with Crippen LogP contribution in [0.15, 0.2) is 0 Å². The first-order valence-corrected chi connectivity index (χ1v) is 4.34. The molecule has 0 bridgehead atoms. The summed E-state index contributed by atoms with van der Waals surface area (Å²) in [4.78, 5) is 11.3. The van der Waals surface area contributed by atoms with E-state index in [1.54, 1.807) is 0 Å². The van der Waals surface area contributed by atoms with Gasteiger partial charge in [-0.3, -0.25) is 4.79 Å². The van der Waals surface area contributed by atoms with Gasteiger partial charge in [0.15, 0.2) is 0 Å². The van der Waals surface area contributed by atoms with Crippen LogP contribution in [0.4, 0.5) is 0 Å². The summed E-state index contributed by atoms with van der Waals surface area (Å²) in [6.45, 7) is 3.77. The third kappa shape index (κ3) is 1.82. The minimum Gasteiger partial charge on any atom is -0.469 e. The summed E-state index contributed by atoms with van der Waals surface area (Å²) in [6, 6.07) is 2.11. The Bertz CT molecular complexity index is 232. The van der Waals surface area contributed by atoms with Crippen molar-refractivity contribution in [1.29, 1.82) is 5.26 Å². The van der Waals surface area contributed by atoms with Crippen LogP contribution in [0.1, 0.15) is 12.8 Å². The summed E-state index contributed by atoms with van der Waals surface area (Å²) in [5.74, 6) is -0.697. The molecule has 13 heavy (non-hydrogen) atoms. The van der Waals surface area contributed by atoms with Gasteiger partial charge < -0.3 is 4.74 Å². The number of rotatable bonds is 2. The highest BCUT2D eigenvalue weighted by Crippen LogP contribution is 2.38. The highest BCUT2D eigenvalue weighted by Gasteiger charge is 2.41. The Kier molecular flexibility index (Phi) is 3.30. The van der Waals surface area contributed by atoms with Gasteiger partial charge in [-0.2, -0.15) is 5.26 Å². The Morgan fingerprint density at radius 3 is 3.00 bits per heavy atom. The number of methoxy groups -OCH3 is 1. The minimum absolute atomic E-state index is 0.178. The molecule has 0 spiro atoms. The van der Waals surface area contributed by atoms with Gasteiger partial charge in [-0.05, 0) is 25.2 Å². The third-order valence-electron chi connectivity index (χ3n) is 2.58. The quantitative estimate of drug-likeness (QED) is 0.601. The van der Waals surface area contributed by atoms with E-state index in [-0.39, 0.29) is 23.7 Å². The summed E-state index contributed by atoms with van der Waals surface area (Å²) < 4.78 is 4.66. The first-order chi connectivity index (χ1) is 6.24. The van der Waals surface area contributed by atoms with Crippen LogP contribution in [-0.2, 0) is 9.53 Å². The summed E-state index contributed by atoms with van der Waals surface area (Å²) in [6.07, 6.45) is 3.35. The van der Waals surface area contributed by atoms with Crippen LogP contribution in [0.2, 0.25) is 0 Å². The molecule has 0 aromatic heterocycles. The molecule has 0 heterocycles. The van der Waals surface area contributed by atoms with E-state index in [1.165, 1.54) is 7.11 Å². The molecule has 3 heteroatoms. The highest BCUT2D eigenvalue weighted by molar-refractivity contribution is 5.74. The molecule has 1 fully saturated rings. The molecule has 0 aromatic carbocycles. The second-order valence-electron chi connectivity index (χ2n) is 3.22. The molecule has 0 aliphatic heterocycles. The molecule has 3 unspecified atom stereocenters. The molecule has 3 nitrogen and oxygen atoms in total. The number of hydrogen-bond acceptors (Lipinski definition) is 3. The third-order valence-corrected chi connectivity index (χ3v) is 2.58. The molecular weight excluding hydrogens is 166 g/mol. The predicted octanol–water partition coefficient (Wildman–Crippen LogP) is 1.36. The normalized spacial score (nSPS) is 32.5. The van der Waals surface area contributed by atoms with Gasteiger partial charge >= 0.3 is 5.97 Å². The maximum atomic E-state index is 11.3. The molecule has 1 aliphatic rings. The van der Waals surface area contributed by atoms with E-state index in [4.69, 9.17) is 5.26 Å². The van der Waals surface area contributed by atoms with E-state index >= 15 is 0 Å². The van der Waals surface area contributed by atoms with Crippen molar-refractivity contribution in [2.45, 2.75) is 12.8 Å². The molecule has 0 N–H and O–H groups in total. The van der Waals surface area contributed by atoms with E-state index in [0.29, 0.717) is 6.42 Å². The number of carbonyl (C=O) groups excluding carboxylic acids is 1. The van der Waals surface area contributed by atoms with Crippen molar-refractivity contribution >= 4 is 5.97 Å². The first kappa shape index (κ1) is 10.0. The molecule has 0 amide bonds. The van der Waals surface area contributed by atoms with E-state index < -0.39 is 0 Å². The van der Waals surface area contributed by atoms with Crippen molar-refractivity contribution in [3.8, 4) is 6.07 Å². The van der Waals surface area contributed by atoms with Crippen LogP contribution >= 0.6 is 0 Å². The maximum Gasteiger partial charge on any atom is 0.310 e. The molecular formula is C10H13NO2. The maximum absolute atomic E-state index is 11.3. The lowest BCUT2D eigenvalue weighted by Gasteiger charge is -2.16. The molecule has 1 rings (SSSR count). The Hall–Kier alpha value is -1.04. The molecule has 3 atom stereocenters. The lowest BCUT2D eigenvalue weighted by molar-refractivity contribution is -0.147. The fourth-order valence-electron chi connectivity index (χ4n) is 1.81. The van der Waals surface area contributed by atoms with Gasteiger partial charge in [0.1, 0.15) is 0 Å². The second kappa shape index (κ2) is 4.27. The Morgan fingerprint density at radius 2 is 2.54 bits per heavy atom. The van der Waals surface area contributed by atoms with Crippen LogP contribution in [-0.4, -0.2) is 13.1 Å². The minimum atomic E-state index is -0.299. The topological polar surface area (TPSA) is 50.1 Å². The van der Waals surface area contributed by atoms with Crippen LogP contribution in [0.5, 0.6) is 0 Å². The van der Waals surface area contributed by atoms with Gasteiger partial charge in [-0.25, -0.2) is 0 Å². The predicted molar refractivity (Wildman–Crippen MR) is 47.0 cm³/mol. The first-order valence-electron chi connectivity index (χ1n) is 4.34. The van der Waals surface area contributed by atoms with Crippen LogP contribution in [0.3, 0.4) is 0 Å². The van der Waals surface area contributed by atoms with E-state index in [1.807, 2.05) is 6.42 Å². The Labute approximate surface area is 78.7 Å². The fourth-order valence-corrected chi connectivity index (χ4v) is 1.81. The second-order valence-corrected chi connectivity index (χ2v) is 3.22. The number of esters is 1. The van der Waals surface area contributed by atoms with Gasteiger partial charge in [0, 0.05) is 0 Å². The van der Waals surface area contributed by atoms with Crippen LogP contribution < -0.4 is 0 Å². The van der Waals surface area contributed by atoms with Gasteiger partial charge in [-0.1, -0.05) is 6.92 Å². The Morgan fingerprint density at radius 1 is 1.85 bits per heavy atom. The lowest BCUT2D eigenvalue weighted by Crippen LogP contribution is -2.25. The van der Waals surface area contributed by atoms with Crippen molar-refractivity contribution in [2.75, 3.05) is 7.11 Å². The van der Waals surface area contributed by atoms with E-state index in [0.717, 1.165) is 6.42 Å². The summed E-state index contributed by atoms with van der Waals surface area (Å²) in [5.41, 5.74) is 0. The zero-order valence-electron chi connectivity index (χ0n) is 7.69. The smallest absolute Gasteiger partial charge is 0.310 e. The average molecular weight is 179 g/mol. The Balaban J connectivity index is 2.74.